The predicted molar refractivity (Wildman–Crippen MR) is 162 cm³/mol. The molecule has 8 heteroatoms. The molecule has 8 nitrogen and oxygen atoms in total. The highest BCUT2D eigenvalue weighted by Crippen LogP contribution is 2.45. The summed E-state index contributed by atoms with van der Waals surface area (Å²) in [6, 6.07) is 0.811. The SMILES string of the molecule is C=CC(=O)N1CCC(N2CCC(C#CC3C(C4CCC(OC5CCCCC5)CC4)C4C(N)NCNC4N3C)C2)CC1. The van der Waals surface area contributed by atoms with E-state index in [1.807, 2.05) is 4.90 Å². The van der Waals surface area contributed by atoms with E-state index < -0.39 is 0 Å². The molecule has 6 rings (SSSR count). The van der Waals surface area contributed by atoms with Crippen molar-refractivity contribution in [3.8, 4) is 11.8 Å². The number of piperidine rings is 1. The Morgan fingerprint density at radius 3 is 2.37 bits per heavy atom. The predicted octanol–water partition coefficient (Wildman–Crippen LogP) is 2.70. The Morgan fingerprint density at radius 1 is 0.902 bits per heavy atom. The fourth-order valence-electron chi connectivity index (χ4n) is 9.14. The lowest BCUT2D eigenvalue weighted by Gasteiger charge is -2.41. The van der Waals surface area contributed by atoms with E-state index in [-0.39, 0.29) is 24.3 Å². The van der Waals surface area contributed by atoms with Crippen molar-refractivity contribution < 1.29 is 9.53 Å². The number of nitrogens with two attached hydrogens (primary N) is 1. The van der Waals surface area contributed by atoms with Gasteiger partial charge in [-0.05, 0) is 89.3 Å². The zero-order valence-electron chi connectivity index (χ0n) is 25.3. The Balaban J connectivity index is 1.08. The van der Waals surface area contributed by atoms with Gasteiger partial charge in [-0.3, -0.25) is 25.2 Å². The quantitative estimate of drug-likeness (QED) is 0.349. The first kappa shape index (κ1) is 29.6. The van der Waals surface area contributed by atoms with Crippen molar-refractivity contribution in [2.45, 2.75) is 114 Å². The van der Waals surface area contributed by atoms with Gasteiger partial charge in [0.1, 0.15) is 0 Å². The van der Waals surface area contributed by atoms with Gasteiger partial charge in [-0.2, -0.15) is 0 Å². The van der Waals surface area contributed by atoms with Crippen LogP contribution in [0, 0.1) is 35.5 Å². The molecule has 228 valence electrons. The third-order valence-corrected chi connectivity index (χ3v) is 11.4. The summed E-state index contributed by atoms with van der Waals surface area (Å²) < 4.78 is 6.60. The van der Waals surface area contributed by atoms with Gasteiger partial charge in [0.05, 0.1) is 30.6 Å². The Morgan fingerprint density at radius 2 is 1.63 bits per heavy atom. The second kappa shape index (κ2) is 13.4. The number of carbonyl (C=O) groups is 1. The standard InChI is InChI=1S/C33H54N6O2/c1-3-29(40)38-19-16-25(17-20-38)39-18-15-23(21-39)9-14-28-30(31-32(34)35-22-36-33(31)37(28)2)24-10-12-27(13-11-24)41-26-7-5-4-6-8-26/h3,23-28,30-33,35-36H,1,4-8,10-13,15-22,34H2,2H3. The molecule has 4 heterocycles. The fraction of sp³-hybridized carbons (Fsp3) is 0.848. The molecule has 0 aromatic rings. The number of ether oxygens (including phenoxy) is 1. The van der Waals surface area contributed by atoms with Crippen molar-refractivity contribution in [1.82, 2.24) is 25.3 Å². The highest BCUT2D eigenvalue weighted by molar-refractivity contribution is 5.87. The van der Waals surface area contributed by atoms with Crippen LogP contribution in [0.15, 0.2) is 12.7 Å². The summed E-state index contributed by atoms with van der Waals surface area (Å²) in [6.07, 6.45) is 17.3. The maximum atomic E-state index is 12.0. The normalized spacial score (nSPS) is 39.7. The van der Waals surface area contributed by atoms with Crippen LogP contribution in [0.5, 0.6) is 0 Å². The van der Waals surface area contributed by atoms with Gasteiger partial charge in [0.15, 0.2) is 0 Å². The van der Waals surface area contributed by atoms with Gasteiger partial charge in [0.2, 0.25) is 5.91 Å². The zero-order valence-corrected chi connectivity index (χ0v) is 25.3. The van der Waals surface area contributed by atoms with Gasteiger partial charge >= 0.3 is 0 Å². The molecular weight excluding hydrogens is 512 g/mol. The smallest absolute Gasteiger partial charge is 0.245 e. The van der Waals surface area contributed by atoms with Crippen molar-refractivity contribution >= 4 is 5.91 Å². The van der Waals surface area contributed by atoms with Crippen LogP contribution in [0.4, 0.5) is 0 Å². The first-order chi connectivity index (χ1) is 20.0. The average Bonchev–Trinajstić information content (AvgIpc) is 3.60. The molecule has 0 radical (unpaired) electrons. The molecule has 2 aliphatic carbocycles. The summed E-state index contributed by atoms with van der Waals surface area (Å²) in [5.74, 6) is 9.65. The largest absolute Gasteiger partial charge is 0.375 e. The number of hydrogen-bond donors (Lipinski definition) is 3. The van der Waals surface area contributed by atoms with E-state index in [1.165, 1.54) is 63.9 Å². The van der Waals surface area contributed by atoms with Crippen LogP contribution in [-0.2, 0) is 9.53 Å². The molecule has 1 amide bonds. The van der Waals surface area contributed by atoms with Crippen molar-refractivity contribution in [2.75, 3.05) is 39.9 Å². The topological polar surface area (TPSA) is 86.1 Å². The maximum absolute atomic E-state index is 12.0. The van der Waals surface area contributed by atoms with Crippen LogP contribution >= 0.6 is 0 Å². The third kappa shape index (κ3) is 6.56. The molecule has 6 aliphatic rings. The van der Waals surface area contributed by atoms with Gasteiger partial charge in [-0.1, -0.05) is 37.7 Å². The summed E-state index contributed by atoms with van der Waals surface area (Å²) in [5, 5.41) is 7.23. The number of fused-ring (bicyclic) bond motifs is 1. The van der Waals surface area contributed by atoms with Crippen molar-refractivity contribution in [3.63, 3.8) is 0 Å². The molecule has 6 fully saturated rings. The lowest BCUT2D eigenvalue weighted by molar-refractivity contribution is -0.127. The molecule has 0 spiro atoms. The van der Waals surface area contributed by atoms with Gasteiger partial charge in [-0.15, -0.1) is 0 Å². The van der Waals surface area contributed by atoms with Crippen LogP contribution in [0.2, 0.25) is 0 Å². The molecule has 6 unspecified atom stereocenters. The molecular formula is C33H54N6O2. The molecule has 6 atom stereocenters. The van der Waals surface area contributed by atoms with Crippen LogP contribution in [0.3, 0.4) is 0 Å². The third-order valence-electron chi connectivity index (χ3n) is 11.4. The summed E-state index contributed by atoms with van der Waals surface area (Å²) in [6.45, 7) is 8.27. The summed E-state index contributed by atoms with van der Waals surface area (Å²) in [4.78, 5) is 19.1. The van der Waals surface area contributed by atoms with E-state index in [1.54, 1.807) is 0 Å². The zero-order chi connectivity index (χ0) is 28.3. The Hall–Kier alpha value is -1.47. The van der Waals surface area contributed by atoms with Gasteiger partial charge in [0, 0.05) is 44.2 Å². The molecule has 4 saturated heterocycles. The Kier molecular flexibility index (Phi) is 9.71. The minimum atomic E-state index is 0.0116. The lowest BCUT2D eigenvalue weighted by atomic mass is 9.70. The van der Waals surface area contributed by atoms with E-state index in [9.17, 15) is 4.79 Å². The van der Waals surface area contributed by atoms with E-state index in [0.29, 0.717) is 41.9 Å². The number of nitrogens with one attached hydrogen (secondary N) is 2. The minimum Gasteiger partial charge on any atom is -0.375 e. The average molecular weight is 567 g/mol. The number of nitrogens with zero attached hydrogens (tertiary/aromatic N) is 3. The summed E-state index contributed by atoms with van der Waals surface area (Å²) >= 11 is 0. The Labute approximate surface area is 248 Å². The molecule has 0 aromatic heterocycles. The molecule has 4 aliphatic heterocycles. The van der Waals surface area contributed by atoms with E-state index >= 15 is 0 Å². The van der Waals surface area contributed by atoms with Crippen molar-refractivity contribution in [3.05, 3.63) is 12.7 Å². The van der Waals surface area contributed by atoms with Gasteiger partial charge in [-0.25, -0.2) is 0 Å². The Bertz CT molecular complexity index is 959. The number of rotatable bonds is 5. The van der Waals surface area contributed by atoms with Gasteiger partial charge < -0.3 is 15.4 Å². The van der Waals surface area contributed by atoms with E-state index in [0.717, 1.165) is 52.1 Å². The van der Waals surface area contributed by atoms with Crippen molar-refractivity contribution in [1.29, 1.82) is 0 Å². The first-order valence-electron chi connectivity index (χ1n) is 16.8. The highest BCUT2D eigenvalue weighted by atomic mass is 16.5. The second-order valence-electron chi connectivity index (χ2n) is 13.8. The summed E-state index contributed by atoms with van der Waals surface area (Å²) in [5.41, 5.74) is 6.76. The number of likely N-dealkylation sites (tertiary alicyclic amines) is 3. The monoisotopic (exact) mass is 566 g/mol. The highest BCUT2D eigenvalue weighted by Gasteiger charge is 2.53. The van der Waals surface area contributed by atoms with Gasteiger partial charge in [0.25, 0.3) is 0 Å². The fourth-order valence-corrected chi connectivity index (χ4v) is 9.14. The summed E-state index contributed by atoms with van der Waals surface area (Å²) in [7, 11) is 2.26. The molecule has 41 heavy (non-hydrogen) atoms. The van der Waals surface area contributed by atoms with Crippen LogP contribution in [0.1, 0.15) is 77.0 Å². The van der Waals surface area contributed by atoms with E-state index in [2.05, 4.69) is 45.9 Å². The molecule has 0 aromatic carbocycles. The van der Waals surface area contributed by atoms with Crippen molar-refractivity contribution in [2.24, 2.45) is 29.4 Å². The van der Waals surface area contributed by atoms with E-state index in [4.69, 9.17) is 10.5 Å². The molecule has 2 saturated carbocycles. The van der Waals surface area contributed by atoms with Crippen LogP contribution in [0.25, 0.3) is 0 Å². The van der Waals surface area contributed by atoms with Crippen LogP contribution in [-0.4, -0.2) is 97.1 Å². The molecule has 0 bridgehead atoms. The first-order valence-corrected chi connectivity index (χ1v) is 16.8. The second-order valence-corrected chi connectivity index (χ2v) is 13.8. The number of amides is 1. The minimum absolute atomic E-state index is 0.0116. The number of carbonyl (C=O) groups excluding carboxylic acids is 1. The van der Waals surface area contributed by atoms with Crippen LogP contribution < -0.4 is 16.4 Å². The number of hydrogen-bond acceptors (Lipinski definition) is 7. The lowest BCUT2D eigenvalue weighted by Crippen LogP contribution is -2.63. The maximum Gasteiger partial charge on any atom is 0.245 e. The molecule has 4 N–H and O–H groups in total.